The van der Waals surface area contributed by atoms with Gasteiger partial charge in [0.1, 0.15) is 0 Å². The molecule has 3 aromatic carbocycles. The monoisotopic (exact) mass is 633 g/mol. The molecule has 0 bridgehead atoms. The molecule has 0 aliphatic carbocycles. The van der Waals surface area contributed by atoms with Crippen LogP contribution in [0.25, 0.3) is 0 Å². The topological polar surface area (TPSA) is 64.6 Å². The summed E-state index contributed by atoms with van der Waals surface area (Å²) in [6.07, 6.45) is -4.06. The summed E-state index contributed by atoms with van der Waals surface area (Å²) in [5, 5.41) is 3.03. The van der Waals surface area contributed by atoms with Crippen LogP contribution in [0, 0.1) is 12.3 Å². The van der Waals surface area contributed by atoms with Gasteiger partial charge in [-0.15, -0.1) is 0 Å². The van der Waals surface area contributed by atoms with Crippen LogP contribution in [-0.2, 0) is 32.4 Å². The highest BCUT2D eigenvalue weighted by Gasteiger charge is 2.64. The maximum absolute atomic E-state index is 14.2. The van der Waals surface area contributed by atoms with E-state index in [-0.39, 0.29) is 36.7 Å². The summed E-state index contributed by atoms with van der Waals surface area (Å²) >= 11 is 9.20. The van der Waals surface area contributed by atoms with Gasteiger partial charge < -0.3 is 14.8 Å². The summed E-state index contributed by atoms with van der Waals surface area (Å²) in [5.41, 5.74) is -1.91. The van der Waals surface area contributed by atoms with Crippen molar-refractivity contribution in [3.8, 4) is 0 Å². The first kappa shape index (κ1) is 29.7. The van der Waals surface area contributed by atoms with Crippen LogP contribution >= 0.6 is 28.1 Å². The van der Waals surface area contributed by atoms with E-state index in [1.54, 1.807) is 31.2 Å². The highest BCUT2D eigenvalue weighted by atomic mass is 79.9. The number of nitrogens with one attached hydrogen (secondary N) is 1. The molecule has 0 saturated carbocycles. The molecular weight excluding hydrogens is 607 g/mol. The van der Waals surface area contributed by atoms with Gasteiger partial charge in [-0.1, -0.05) is 57.9 Å². The molecule has 0 spiro atoms. The van der Waals surface area contributed by atoms with E-state index in [1.165, 1.54) is 0 Å². The number of amides is 1. The molecule has 0 aromatic heterocycles. The Bertz CT molecular complexity index is 1390. The summed E-state index contributed by atoms with van der Waals surface area (Å²) in [4.78, 5) is 28.0. The Morgan fingerprint density at radius 2 is 1.60 bits per heavy atom. The Kier molecular flexibility index (Phi) is 8.70. The molecule has 2 atom stereocenters. The summed E-state index contributed by atoms with van der Waals surface area (Å²) < 4.78 is 51.8. The van der Waals surface area contributed by atoms with Crippen molar-refractivity contribution >= 4 is 45.1 Å². The third-order valence-corrected chi connectivity index (χ3v) is 8.17. The molecule has 1 amide bonds. The first-order valence-electron chi connectivity index (χ1n) is 12.6. The van der Waals surface area contributed by atoms with E-state index >= 15 is 0 Å². The predicted octanol–water partition coefficient (Wildman–Crippen LogP) is 6.94. The Labute approximate surface area is 244 Å². The van der Waals surface area contributed by atoms with E-state index in [9.17, 15) is 22.8 Å². The van der Waals surface area contributed by atoms with E-state index in [0.717, 1.165) is 39.9 Å². The van der Waals surface area contributed by atoms with Gasteiger partial charge in [-0.3, -0.25) is 4.79 Å². The molecule has 1 N–H and O–H groups in total. The number of carbonyl (C=O) groups is 2. The summed E-state index contributed by atoms with van der Waals surface area (Å²) in [6, 6.07) is 18.4. The second-order valence-corrected chi connectivity index (χ2v) is 10.9. The van der Waals surface area contributed by atoms with Gasteiger partial charge in [0.05, 0.1) is 24.2 Å². The van der Waals surface area contributed by atoms with Gasteiger partial charge in [0.15, 0.2) is 10.6 Å². The lowest BCUT2D eigenvalue weighted by molar-refractivity contribution is -0.156. The van der Waals surface area contributed by atoms with Gasteiger partial charge in [0.25, 0.3) is 5.91 Å². The molecule has 40 heavy (non-hydrogen) atoms. The van der Waals surface area contributed by atoms with Crippen LogP contribution < -0.4 is 5.32 Å². The van der Waals surface area contributed by atoms with Crippen LogP contribution in [0.3, 0.4) is 0 Å². The van der Waals surface area contributed by atoms with Crippen molar-refractivity contribution in [2.75, 3.05) is 13.2 Å². The van der Waals surface area contributed by atoms with Crippen LogP contribution in [0.1, 0.15) is 46.0 Å². The number of aryl methyl sites for hydroxylation is 1. The number of carbonyl (C=O) groups excluding carboxylic acids is 2. The first-order valence-corrected chi connectivity index (χ1v) is 13.8. The lowest BCUT2D eigenvalue weighted by atomic mass is 9.62. The van der Waals surface area contributed by atoms with Crippen molar-refractivity contribution in [3.63, 3.8) is 0 Å². The zero-order chi connectivity index (χ0) is 29.1. The minimum atomic E-state index is -4.56. The van der Waals surface area contributed by atoms with Crippen molar-refractivity contribution < 1.29 is 32.2 Å². The number of hydrogen-bond acceptors (Lipinski definition) is 5. The predicted molar refractivity (Wildman–Crippen MR) is 152 cm³/mol. The number of thiocarbonyl (C=S) groups is 1. The minimum Gasteiger partial charge on any atom is -0.486 e. The van der Waals surface area contributed by atoms with E-state index in [1.807, 2.05) is 31.2 Å². The van der Waals surface area contributed by atoms with Crippen LogP contribution in [0.2, 0.25) is 0 Å². The molecule has 210 valence electrons. The Morgan fingerprint density at radius 1 is 1.00 bits per heavy atom. The number of alkyl halides is 3. The maximum Gasteiger partial charge on any atom is 0.416 e. The van der Waals surface area contributed by atoms with E-state index in [0.29, 0.717) is 5.56 Å². The van der Waals surface area contributed by atoms with Crippen molar-refractivity contribution in [3.05, 3.63) is 105 Å². The average Bonchev–Trinajstić information content (AvgIpc) is 3.29. The number of hydrogen-bond donors (Lipinski definition) is 1. The zero-order valence-electron chi connectivity index (χ0n) is 21.8. The zero-order valence-corrected chi connectivity index (χ0v) is 24.2. The number of halogens is 4. The Morgan fingerprint density at radius 3 is 2.12 bits per heavy atom. The Balaban J connectivity index is 1.93. The quantitative estimate of drug-likeness (QED) is 0.215. The second-order valence-electron chi connectivity index (χ2n) is 9.64. The number of benzene rings is 3. The van der Waals surface area contributed by atoms with Crippen molar-refractivity contribution in [1.82, 2.24) is 5.32 Å². The molecule has 1 aliphatic heterocycles. The fraction of sp³-hybridized carbons (Fsp3) is 0.300. The van der Waals surface area contributed by atoms with Crippen molar-refractivity contribution in [1.29, 1.82) is 0 Å². The standard InChI is InChI=1S/C30H27BrF3NO4S/c1-3-38-26(37)29(22-10-4-19(2)5-11-22,35-25(36)21-8-12-23(13-9-21)30(32,33)34)28(16-17-39-27(28)40)18-20-6-14-24(31)15-7-20/h4-15H,3,16-18H2,1-2H3,(H,35,36). The second kappa shape index (κ2) is 11.7. The molecule has 1 saturated heterocycles. The summed E-state index contributed by atoms with van der Waals surface area (Å²) in [5.74, 6) is -1.50. The molecule has 1 heterocycles. The lowest BCUT2D eigenvalue weighted by Gasteiger charge is -2.46. The summed E-state index contributed by atoms with van der Waals surface area (Å²) in [7, 11) is 0. The van der Waals surface area contributed by atoms with E-state index in [4.69, 9.17) is 21.7 Å². The number of ether oxygens (including phenoxy) is 2. The molecule has 1 aliphatic rings. The largest absolute Gasteiger partial charge is 0.486 e. The van der Waals surface area contributed by atoms with Gasteiger partial charge in [-0.05, 0) is 86.4 Å². The van der Waals surface area contributed by atoms with Crippen LogP contribution in [0.4, 0.5) is 13.2 Å². The first-order chi connectivity index (χ1) is 18.9. The average molecular weight is 635 g/mol. The third-order valence-electron chi connectivity index (χ3n) is 7.13. The highest BCUT2D eigenvalue weighted by molar-refractivity contribution is 9.10. The van der Waals surface area contributed by atoms with Crippen LogP contribution in [0.5, 0.6) is 0 Å². The maximum atomic E-state index is 14.2. The highest BCUT2D eigenvalue weighted by Crippen LogP contribution is 2.51. The molecule has 0 radical (unpaired) electrons. The third kappa shape index (κ3) is 5.65. The smallest absolute Gasteiger partial charge is 0.416 e. The van der Waals surface area contributed by atoms with Crippen molar-refractivity contribution in [2.24, 2.45) is 5.41 Å². The lowest BCUT2D eigenvalue weighted by Crippen LogP contribution is -2.65. The molecule has 4 rings (SSSR count). The molecule has 1 fully saturated rings. The molecular formula is C30H27BrF3NO4S. The fourth-order valence-electron chi connectivity index (χ4n) is 5.07. The number of rotatable bonds is 8. The molecule has 3 aromatic rings. The molecule has 10 heteroatoms. The van der Waals surface area contributed by atoms with E-state index < -0.39 is 34.6 Å². The van der Waals surface area contributed by atoms with Gasteiger partial charge in [-0.2, -0.15) is 13.2 Å². The van der Waals surface area contributed by atoms with Gasteiger partial charge in [0, 0.05) is 10.0 Å². The van der Waals surface area contributed by atoms with Gasteiger partial charge >= 0.3 is 12.1 Å². The SMILES string of the molecule is CCOC(=O)C(NC(=O)c1ccc(C(F)(F)F)cc1)(c1ccc(C)cc1)C1(Cc2ccc(Br)cc2)CCOC1=S. The van der Waals surface area contributed by atoms with Crippen LogP contribution in [-0.4, -0.2) is 30.1 Å². The van der Waals surface area contributed by atoms with Crippen molar-refractivity contribution in [2.45, 2.75) is 38.4 Å². The van der Waals surface area contributed by atoms with E-state index in [2.05, 4.69) is 21.2 Å². The van der Waals surface area contributed by atoms with Gasteiger partial charge in [0.2, 0.25) is 0 Å². The number of esters is 1. The van der Waals surface area contributed by atoms with Crippen LogP contribution in [0.15, 0.2) is 77.3 Å². The van der Waals surface area contributed by atoms with Gasteiger partial charge in [-0.25, -0.2) is 4.79 Å². The molecule has 5 nitrogen and oxygen atoms in total. The fourth-order valence-corrected chi connectivity index (χ4v) is 5.75. The minimum absolute atomic E-state index is 0.0184. The summed E-state index contributed by atoms with van der Waals surface area (Å²) in [6.45, 7) is 3.76. The molecule has 2 unspecified atom stereocenters. The normalized spacial score (nSPS) is 18.5. The Hall–Kier alpha value is -3.24.